The van der Waals surface area contributed by atoms with E-state index >= 15 is 0 Å². The number of carbonyl (C=O) groups excluding carboxylic acids is 1. The van der Waals surface area contributed by atoms with Crippen LogP contribution in [0.25, 0.3) is 0 Å². The minimum Gasteiger partial charge on any atom is -0.396 e. The highest BCUT2D eigenvalue weighted by atomic mass is 16.3. The second-order valence-electron chi connectivity index (χ2n) is 6.89. The summed E-state index contributed by atoms with van der Waals surface area (Å²) in [5.41, 5.74) is 2.67. The maximum absolute atomic E-state index is 12.0. The lowest BCUT2D eigenvalue weighted by atomic mass is 9.78. The van der Waals surface area contributed by atoms with E-state index in [-0.39, 0.29) is 24.1 Å². The molecular weight excluding hydrogens is 264 g/mol. The van der Waals surface area contributed by atoms with Crippen molar-refractivity contribution in [3.05, 3.63) is 35.4 Å². The summed E-state index contributed by atoms with van der Waals surface area (Å²) < 4.78 is 0. The van der Waals surface area contributed by atoms with Gasteiger partial charge in [0.25, 0.3) is 0 Å². The third-order valence-electron chi connectivity index (χ3n) is 4.24. The molecule has 0 saturated carbocycles. The zero-order valence-corrected chi connectivity index (χ0v) is 13.1. The number of benzene rings is 1. The molecule has 2 unspecified atom stereocenters. The molecule has 1 aliphatic carbocycles. The van der Waals surface area contributed by atoms with Crippen LogP contribution in [0.3, 0.4) is 0 Å². The Bertz CT molecular complexity index is 494. The highest BCUT2D eigenvalue weighted by Crippen LogP contribution is 2.33. The Hall–Kier alpha value is -1.55. The number of urea groups is 1. The summed E-state index contributed by atoms with van der Waals surface area (Å²) in [7, 11) is 0. The monoisotopic (exact) mass is 290 g/mol. The lowest BCUT2D eigenvalue weighted by Crippen LogP contribution is -2.49. The normalized spacial score (nSPS) is 18.4. The van der Waals surface area contributed by atoms with Crippen LogP contribution in [-0.2, 0) is 6.42 Å². The molecule has 1 aromatic rings. The minimum atomic E-state index is -0.146. The Kier molecular flexibility index (Phi) is 4.88. The molecule has 0 bridgehead atoms. The van der Waals surface area contributed by atoms with Gasteiger partial charge in [0, 0.05) is 25.1 Å². The zero-order valence-electron chi connectivity index (χ0n) is 13.1. The van der Waals surface area contributed by atoms with Gasteiger partial charge in [0.05, 0.1) is 0 Å². The zero-order chi connectivity index (χ0) is 15.5. The van der Waals surface area contributed by atoms with E-state index in [1.807, 2.05) is 6.07 Å². The van der Waals surface area contributed by atoms with E-state index < -0.39 is 0 Å². The second-order valence-corrected chi connectivity index (χ2v) is 6.89. The average Bonchev–Trinajstić information content (AvgIpc) is 2.38. The van der Waals surface area contributed by atoms with Gasteiger partial charge < -0.3 is 15.7 Å². The number of aliphatic hydroxyl groups is 1. The first-order valence-electron chi connectivity index (χ1n) is 7.65. The van der Waals surface area contributed by atoms with Crippen molar-refractivity contribution in [3.63, 3.8) is 0 Å². The SMILES string of the molecule is CC(C)(C)C(CCO)NC(=O)NCC1Cc2ccccc21. The fourth-order valence-corrected chi connectivity index (χ4v) is 2.82. The number of hydrogen-bond acceptors (Lipinski definition) is 2. The summed E-state index contributed by atoms with van der Waals surface area (Å²) in [6, 6.07) is 8.19. The third kappa shape index (κ3) is 3.97. The van der Waals surface area contributed by atoms with Gasteiger partial charge in [0.15, 0.2) is 0 Å². The fourth-order valence-electron chi connectivity index (χ4n) is 2.82. The quantitative estimate of drug-likeness (QED) is 0.780. The van der Waals surface area contributed by atoms with Crippen LogP contribution in [0, 0.1) is 5.41 Å². The van der Waals surface area contributed by atoms with Crippen molar-refractivity contribution in [3.8, 4) is 0 Å². The van der Waals surface area contributed by atoms with Gasteiger partial charge in [-0.2, -0.15) is 0 Å². The molecule has 3 N–H and O–H groups in total. The maximum atomic E-state index is 12.0. The third-order valence-corrected chi connectivity index (χ3v) is 4.24. The van der Waals surface area contributed by atoms with E-state index in [0.717, 1.165) is 6.42 Å². The van der Waals surface area contributed by atoms with Crippen molar-refractivity contribution in [1.29, 1.82) is 0 Å². The van der Waals surface area contributed by atoms with Crippen molar-refractivity contribution in [2.45, 2.75) is 45.6 Å². The molecule has 21 heavy (non-hydrogen) atoms. The maximum Gasteiger partial charge on any atom is 0.315 e. The van der Waals surface area contributed by atoms with Crippen molar-refractivity contribution < 1.29 is 9.90 Å². The van der Waals surface area contributed by atoms with Crippen LogP contribution in [0.1, 0.15) is 44.2 Å². The Morgan fingerprint density at radius 2 is 2.10 bits per heavy atom. The van der Waals surface area contributed by atoms with Gasteiger partial charge in [-0.25, -0.2) is 4.79 Å². The molecule has 0 aliphatic heterocycles. The van der Waals surface area contributed by atoms with Crippen LogP contribution in [0.4, 0.5) is 4.79 Å². The van der Waals surface area contributed by atoms with E-state index in [2.05, 4.69) is 49.6 Å². The molecular formula is C17H26N2O2. The summed E-state index contributed by atoms with van der Waals surface area (Å²) in [5, 5.41) is 15.0. The molecule has 0 spiro atoms. The summed E-state index contributed by atoms with van der Waals surface area (Å²) in [6.45, 7) is 6.94. The largest absolute Gasteiger partial charge is 0.396 e. The first kappa shape index (κ1) is 15.8. The Morgan fingerprint density at radius 3 is 2.71 bits per heavy atom. The number of hydrogen-bond donors (Lipinski definition) is 3. The molecule has 0 aromatic heterocycles. The number of aliphatic hydroxyl groups excluding tert-OH is 1. The molecule has 116 valence electrons. The van der Waals surface area contributed by atoms with Gasteiger partial charge in [0.2, 0.25) is 0 Å². The molecule has 2 rings (SSSR count). The highest BCUT2D eigenvalue weighted by Gasteiger charge is 2.28. The fraction of sp³-hybridized carbons (Fsp3) is 0.588. The van der Waals surface area contributed by atoms with Crippen LogP contribution in [-0.4, -0.2) is 30.3 Å². The molecule has 2 atom stereocenters. The first-order valence-corrected chi connectivity index (χ1v) is 7.65. The smallest absolute Gasteiger partial charge is 0.315 e. The molecule has 1 aliphatic rings. The summed E-state index contributed by atoms with van der Waals surface area (Å²) in [6.07, 6.45) is 1.61. The predicted molar refractivity (Wildman–Crippen MR) is 84.4 cm³/mol. The molecule has 0 heterocycles. The topological polar surface area (TPSA) is 61.4 Å². The van der Waals surface area contributed by atoms with E-state index in [0.29, 0.717) is 18.9 Å². The summed E-state index contributed by atoms with van der Waals surface area (Å²) in [4.78, 5) is 12.0. The Labute approximate surface area is 126 Å². The van der Waals surface area contributed by atoms with Crippen molar-refractivity contribution in [2.24, 2.45) is 5.41 Å². The number of fused-ring (bicyclic) bond motifs is 1. The first-order chi connectivity index (χ1) is 9.91. The minimum absolute atomic E-state index is 0.0313. The van der Waals surface area contributed by atoms with Crippen LogP contribution in [0.15, 0.2) is 24.3 Å². The number of amides is 2. The van der Waals surface area contributed by atoms with E-state index in [1.165, 1.54) is 11.1 Å². The molecule has 4 nitrogen and oxygen atoms in total. The number of nitrogens with one attached hydrogen (secondary N) is 2. The van der Waals surface area contributed by atoms with Gasteiger partial charge >= 0.3 is 6.03 Å². The number of rotatable bonds is 5. The van der Waals surface area contributed by atoms with E-state index in [1.54, 1.807) is 0 Å². The van der Waals surface area contributed by atoms with Crippen molar-refractivity contribution in [1.82, 2.24) is 10.6 Å². The van der Waals surface area contributed by atoms with Gasteiger partial charge in [-0.15, -0.1) is 0 Å². The van der Waals surface area contributed by atoms with Gasteiger partial charge in [0.1, 0.15) is 0 Å². The lowest BCUT2D eigenvalue weighted by molar-refractivity contribution is 0.189. The number of carbonyl (C=O) groups is 1. The van der Waals surface area contributed by atoms with Gasteiger partial charge in [-0.05, 0) is 29.4 Å². The molecule has 1 aromatic carbocycles. The molecule has 0 radical (unpaired) electrons. The van der Waals surface area contributed by atoms with Crippen LogP contribution in [0.5, 0.6) is 0 Å². The lowest BCUT2D eigenvalue weighted by Gasteiger charge is -2.33. The molecule has 0 fully saturated rings. The van der Waals surface area contributed by atoms with Gasteiger partial charge in [-0.3, -0.25) is 0 Å². The predicted octanol–water partition coefficient (Wildman–Crippen LogP) is 2.42. The molecule has 0 saturated heterocycles. The van der Waals surface area contributed by atoms with E-state index in [9.17, 15) is 4.79 Å². The summed E-state index contributed by atoms with van der Waals surface area (Å²) >= 11 is 0. The van der Waals surface area contributed by atoms with Crippen LogP contribution < -0.4 is 10.6 Å². The standard InChI is InChI=1S/C17H26N2O2/c1-17(2,3)15(8-9-20)19-16(21)18-11-13-10-12-6-4-5-7-14(12)13/h4-7,13,15,20H,8-11H2,1-3H3,(H2,18,19,21). The van der Waals surface area contributed by atoms with Crippen LogP contribution >= 0.6 is 0 Å². The van der Waals surface area contributed by atoms with Crippen LogP contribution in [0.2, 0.25) is 0 Å². The molecule has 2 amide bonds. The Morgan fingerprint density at radius 1 is 1.38 bits per heavy atom. The highest BCUT2D eigenvalue weighted by molar-refractivity contribution is 5.74. The van der Waals surface area contributed by atoms with Crippen molar-refractivity contribution >= 4 is 6.03 Å². The summed E-state index contributed by atoms with van der Waals surface area (Å²) in [5.74, 6) is 0.429. The van der Waals surface area contributed by atoms with Gasteiger partial charge in [-0.1, -0.05) is 45.0 Å². The second kappa shape index (κ2) is 6.48. The molecule has 4 heteroatoms. The Balaban J connectivity index is 1.80. The average molecular weight is 290 g/mol. The van der Waals surface area contributed by atoms with Crippen molar-refractivity contribution in [2.75, 3.05) is 13.2 Å². The van der Waals surface area contributed by atoms with E-state index in [4.69, 9.17) is 5.11 Å².